The number of hydrogen-bond acceptors (Lipinski definition) is 10. The van der Waals surface area contributed by atoms with Gasteiger partial charge >= 0.3 is 17.9 Å². The van der Waals surface area contributed by atoms with Crippen molar-refractivity contribution in [2.24, 2.45) is 4.99 Å². The molecule has 3 aliphatic rings. The van der Waals surface area contributed by atoms with Gasteiger partial charge in [-0.1, -0.05) is 48.5 Å². The molecular weight excluding hydrogens is 506 g/mol. The Labute approximate surface area is 224 Å². The van der Waals surface area contributed by atoms with Crippen LogP contribution >= 0.6 is 0 Å². The molecule has 39 heavy (non-hydrogen) atoms. The molecule has 1 amide bonds. The summed E-state index contributed by atoms with van der Waals surface area (Å²) in [6, 6.07) is 14.6. The average molecular weight is 534 g/mol. The van der Waals surface area contributed by atoms with Gasteiger partial charge in [0, 0.05) is 5.69 Å². The maximum Gasteiger partial charge on any atom is 0.357 e. The van der Waals surface area contributed by atoms with Crippen molar-refractivity contribution in [1.82, 2.24) is 4.90 Å². The maximum absolute atomic E-state index is 13.7. The Bertz CT molecular complexity index is 1400. The zero-order chi connectivity index (χ0) is 27.7. The van der Waals surface area contributed by atoms with E-state index < -0.39 is 41.3 Å². The highest BCUT2D eigenvalue weighted by atomic mass is 16.5. The van der Waals surface area contributed by atoms with Crippen LogP contribution in [0.4, 0.5) is 5.69 Å². The molecule has 0 unspecified atom stereocenters. The van der Waals surface area contributed by atoms with Crippen molar-refractivity contribution < 1.29 is 38.1 Å². The fourth-order valence-corrected chi connectivity index (χ4v) is 5.63. The van der Waals surface area contributed by atoms with Crippen LogP contribution in [0, 0.1) is 0 Å². The SMILES string of the molecule is COC(=O)C1=C(C(=O)OC)[C@@H]2Nc3ccccc3[C@@]23C[C@@H](C(=O)OC)N(C(=O)COCc2ccccc2)C3=N1. The number of ether oxygens (including phenoxy) is 4. The van der Waals surface area contributed by atoms with Gasteiger partial charge in [0.15, 0.2) is 5.70 Å². The molecule has 1 N–H and O–H groups in total. The average Bonchev–Trinajstić information content (AvgIpc) is 3.49. The van der Waals surface area contributed by atoms with Crippen molar-refractivity contribution in [2.45, 2.75) is 30.5 Å². The van der Waals surface area contributed by atoms with E-state index in [0.717, 1.165) is 12.7 Å². The Morgan fingerprint density at radius 2 is 1.64 bits per heavy atom. The number of likely N-dealkylation sites (tertiary alicyclic amines) is 1. The van der Waals surface area contributed by atoms with Gasteiger partial charge in [-0.05, 0) is 23.6 Å². The molecule has 0 aliphatic carbocycles. The minimum absolute atomic E-state index is 0.0482. The smallest absolute Gasteiger partial charge is 0.357 e. The Kier molecular flexibility index (Phi) is 6.92. The number of fused-ring (bicyclic) bond motifs is 1. The third-order valence-electron chi connectivity index (χ3n) is 7.28. The second kappa shape index (κ2) is 10.3. The van der Waals surface area contributed by atoms with E-state index in [2.05, 4.69) is 10.3 Å². The summed E-state index contributed by atoms with van der Waals surface area (Å²) in [7, 11) is 3.59. The first-order valence-corrected chi connectivity index (χ1v) is 12.2. The number of para-hydroxylation sites is 1. The van der Waals surface area contributed by atoms with Crippen molar-refractivity contribution in [3.63, 3.8) is 0 Å². The van der Waals surface area contributed by atoms with Gasteiger partial charge in [0.1, 0.15) is 18.5 Å². The molecule has 1 fully saturated rings. The summed E-state index contributed by atoms with van der Waals surface area (Å²) in [5.41, 5.74) is 0.729. The minimum atomic E-state index is -1.16. The summed E-state index contributed by atoms with van der Waals surface area (Å²) in [4.78, 5) is 58.5. The summed E-state index contributed by atoms with van der Waals surface area (Å²) in [6.45, 7) is -0.188. The molecule has 11 heteroatoms. The molecule has 3 atom stereocenters. The van der Waals surface area contributed by atoms with Crippen LogP contribution in [0.5, 0.6) is 0 Å². The summed E-state index contributed by atoms with van der Waals surface area (Å²) in [6.07, 6.45) is 0.0482. The quantitative estimate of drug-likeness (QED) is 0.417. The topological polar surface area (TPSA) is 133 Å². The summed E-state index contributed by atoms with van der Waals surface area (Å²) in [5, 5.41) is 3.31. The van der Waals surface area contributed by atoms with E-state index >= 15 is 0 Å². The van der Waals surface area contributed by atoms with E-state index in [1.807, 2.05) is 54.6 Å². The lowest BCUT2D eigenvalue weighted by Gasteiger charge is -2.37. The van der Waals surface area contributed by atoms with Crippen LogP contribution < -0.4 is 5.32 Å². The molecule has 0 bridgehead atoms. The predicted molar refractivity (Wildman–Crippen MR) is 137 cm³/mol. The number of amides is 1. The van der Waals surface area contributed by atoms with Crippen LogP contribution in [0.2, 0.25) is 0 Å². The molecule has 1 spiro atoms. The van der Waals surface area contributed by atoms with E-state index in [-0.39, 0.29) is 36.7 Å². The normalized spacial score (nSPS) is 22.6. The van der Waals surface area contributed by atoms with Crippen LogP contribution in [0.3, 0.4) is 0 Å². The van der Waals surface area contributed by atoms with Crippen molar-refractivity contribution >= 4 is 35.3 Å². The number of anilines is 1. The number of rotatable bonds is 7. The second-order valence-corrected chi connectivity index (χ2v) is 9.26. The maximum atomic E-state index is 13.7. The number of aliphatic imine (C=N–C) groups is 1. The number of esters is 3. The Morgan fingerprint density at radius 1 is 0.949 bits per heavy atom. The van der Waals surface area contributed by atoms with Gasteiger partial charge < -0.3 is 24.3 Å². The van der Waals surface area contributed by atoms with Crippen LogP contribution in [0.25, 0.3) is 0 Å². The van der Waals surface area contributed by atoms with Crippen LogP contribution in [0.1, 0.15) is 17.5 Å². The lowest BCUT2D eigenvalue weighted by Crippen LogP contribution is -2.53. The van der Waals surface area contributed by atoms with Gasteiger partial charge in [-0.3, -0.25) is 9.69 Å². The van der Waals surface area contributed by atoms with Crippen LogP contribution in [-0.2, 0) is 50.1 Å². The van der Waals surface area contributed by atoms with Crippen molar-refractivity contribution in [3.05, 3.63) is 77.0 Å². The lowest BCUT2D eigenvalue weighted by atomic mass is 9.69. The number of methoxy groups -OCH3 is 3. The highest BCUT2D eigenvalue weighted by molar-refractivity contribution is 6.17. The first-order valence-electron chi connectivity index (χ1n) is 12.2. The Balaban J connectivity index is 1.63. The summed E-state index contributed by atoms with van der Waals surface area (Å²) >= 11 is 0. The number of nitrogens with zero attached hydrogens (tertiary/aromatic N) is 2. The van der Waals surface area contributed by atoms with E-state index in [1.165, 1.54) is 19.1 Å². The molecule has 0 aromatic heterocycles. The van der Waals surface area contributed by atoms with Gasteiger partial charge in [-0.15, -0.1) is 0 Å². The van der Waals surface area contributed by atoms with Crippen LogP contribution in [0.15, 0.2) is 70.9 Å². The molecule has 1 saturated heterocycles. The molecule has 11 nitrogen and oxygen atoms in total. The summed E-state index contributed by atoms with van der Waals surface area (Å²) in [5.74, 6) is -2.76. The molecule has 202 valence electrons. The molecule has 3 aliphatic heterocycles. The first kappa shape index (κ1) is 26.1. The number of carbonyl (C=O) groups excluding carboxylic acids is 4. The zero-order valence-corrected chi connectivity index (χ0v) is 21.6. The second-order valence-electron chi connectivity index (χ2n) is 9.26. The highest BCUT2D eigenvalue weighted by Gasteiger charge is 2.65. The van der Waals surface area contributed by atoms with E-state index in [0.29, 0.717) is 11.3 Å². The van der Waals surface area contributed by atoms with E-state index in [1.54, 1.807) is 0 Å². The third kappa shape index (κ3) is 4.15. The van der Waals surface area contributed by atoms with Crippen molar-refractivity contribution in [3.8, 4) is 0 Å². The highest BCUT2D eigenvalue weighted by Crippen LogP contribution is 2.55. The Hall–Kier alpha value is -4.51. The molecule has 5 rings (SSSR count). The fraction of sp³-hybridized carbons (Fsp3) is 0.321. The minimum Gasteiger partial charge on any atom is -0.467 e. The van der Waals surface area contributed by atoms with Crippen molar-refractivity contribution in [1.29, 1.82) is 0 Å². The zero-order valence-electron chi connectivity index (χ0n) is 21.6. The molecule has 0 radical (unpaired) electrons. The number of benzene rings is 2. The predicted octanol–water partition coefficient (Wildman–Crippen LogP) is 1.72. The Morgan fingerprint density at radius 3 is 2.33 bits per heavy atom. The van der Waals surface area contributed by atoms with Gasteiger partial charge in [0.2, 0.25) is 0 Å². The van der Waals surface area contributed by atoms with Gasteiger partial charge in [0.05, 0.1) is 45.0 Å². The lowest BCUT2D eigenvalue weighted by molar-refractivity contribution is -0.150. The number of nitrogens with one attached hydrogen (secondary N) is 1. The van der Waals surface area contributed by atoms with Crippen molar-refractivity contribution in [2.75, 3.05) is 33.3 Å². The molecule has 0 saturated carbocycles. The van der Waals surface area contributed by atoms with Gasteiger partial charge in [0.25, 0.3) is 5.91 Å². The molecule has 3 heterocycles. The van der Waals surface area contributed by atoms with Crippen LogP contribution in [-0.4, -0.2) is 74.6 Å². The van der Waals surface area contributed by atoms with Gasteiger partial charge in [-0.25, -0.2) is 19.4 Å². The number of amidine groups is 1. The standard InChI is InChI=1S/C28H27N3O8/c1-36-24(33)19-13-28-17-11-7-8-12-18(17)29-23(28)21(25(34)37-2)22(26(35)38-3)30-27(28)31(19)20(32)15-39-14-16-9-5-4-6-10-16/h4-12,19,23,29H,13-15H2,1-3H3/t19-,23-,28-/m0/s1. The molecular formula is C28H27N3O8. The largest absolute Gasteiger partial charge is 0.467 e. The third-order valence-corrected chi connectivity index (χ3v) is 7.28. The molecule has 2 aromatic rings. The molecule has 2 aromatic carbocycles. The summed E-state index contributed by atoms with van der Waals surface area (Å²) < 4.78 is 20.7. The van der Waals surface area contributed by atoms with E-state index in [9.17, 15) is 19.2 Å². The van der Waals surface area contributed by atoms with Gasteiger partial charge in [-0.2, -0.15) is 0 Å². The number of hydrogen-bond donors (Lipinski definition) is 1. The fourth-order valence-electron chi connectivity index (χ4n) is 5.63. The first-order chi connectivity index (χ1) is 18.9. The number of carbonyl (C=O) groups is 4. The van der Waals surface area contributed by atoms with E-state index in [4.69, 9.17) is 18.9 Å². The monoisotopic (exact) mass is 533 g/mol.